The molecule has 19 heavy (non-hydrogen) atoms. The molecular formula is C18H18I+. The number of hydrogen-bond donors (Lipinski definition) is 0. The summed E-state index contributed by atoms with van der Waals surface area (Å²) in [6.07, 6.45) is 6.33. The summed E-state index contributed by atoms with van der Waals surface area (Å²) in [5.74, 6) is 0.740. The number of hydrogen-bond acceptors (Lipinski definition) is 0. The summed E-state index contributed by atoms with van der Waals surface area (Å²) in [6, 6.07) is 22.0. The molecular weight excluding hydrogens is 343 g/mol. The molecule has 0 nitrogen and oxygen atoms in total. The van der Waals surface area contributed by atoms with Crippen LogP contribution in [0, 0.1) is 3.57 Å². The third-order valence-corrected chi connectivity index (χ3v) is 6.47. The summed E-state index contributed by atoms with van der Waals surface area (Å²) < 4.78 is 3.26. The highest BCUT2D eigenvalue weighted by Gasteiger charge is 2.26. The standard InChI is InChI=1S/C18H18I/c1-3-8-15(9-4-1)16-10-7-13-18(14-16)19-17-11-5-2-6-12-17/h1-6,8-9,11-13,16H,7,10,14H2/q+1. The van der Waals surface area contributed by atoms with Crippen LogP contribution in [0.2, 0.25) is 0 Å². The predicted molar refractivity (Wildman–Crippen MR) is 76.3 cm³/mol. The highest BCUT2D eigenvalue weighted by Crippen LogP contribution is 2.29. The second-order valence-electron chi connectivity index (χ2n) is 4.93. The quantitative estimate of drug-likeness (QED) is 0.732. The van der Waals surface area contributed by atoms with Crippen molar-refractivity contribution < 1.29 is 21.2 Å². The van der Waals surface area contributed by atoms with Gasteiger partial charge in [0, 0.05) is 6.42 Å². The van der Waals surface area contributed by atoms with Crippen molar-refractivity contribution >= 4 is 0 Å². The van der Waals surface area contributed by atoms with E-state index in [0.717, 1.165) is 5.92 Å². The number of rotatable bonds is 3. The van der Waals surface area contributed by atoms with Crippen LogP contribution < -0.4 is 21.2 Å². The summed E-state index contributed by atoms with van der Waals surface area (Å²) in [5, 5.41) is 0. The predicted octanol–water partition coefficient (Wildman–Crippen LogP) is 1.80. The van der Waals surface area contributed by atoms with E-state index in [1.54, 1.807) is 7.15 Å². The van der Waals surface area contributed by atoms with Gasteiger partial charge in [-0.3, -0.25) is 0 Å². The molecule has 1 aliphatic rings. The lowest BCUT2D eigenvalue weighted by molar-refractivity contribution is -0.579. The van der Waals surface area contributed by atoms with Crippen molar-refractivity contribution in [2.75, 3.05) is 0 Å². The van der Waals surface area contributed by atoms with Crippen molar-refractivity contribution in [3.8, 4) is 0 Å². The van der Waals surface area contributed by atoms with Gasteiger partial charge in [0.05, 0.1) is 0 Å². The van der Waals surface area contributed by atoms with Crippen LogP contribution >= 0.6 is 0 Å². The Morgan fingerprint density at radius 2 is 1.53 bits per heavy atom. The first-order valence-corrected chi connectivity index (χ1v) is 9.01. The molecule has 0 fully saturated rings. The molecule has 1 aliphatic carbocycles. The van der Waals surface area contributed by atoms with Crippen molar-refractivity contribution in [2.45, 2.75) is 25.2 Å². The Kier molecular flexibility index (Phi) is 4.34. The van der Waals surface area contributed by atoms with Gasteiger partial charge in [-0.05, 0) is 42.5 Å². The van der Waals surface area contributed by atoms with E-state index in [4.69, 9.17) is 0 Å². The molecule has 3 rings (SSSR count). The fourth-order valence-corrected chi connectivity index (χ4v) is 5.42. The summed E-state index contributed by atoms with van der Waals surface area (Å²) in [5.41, 5.74) is 1.52. The zero-order valence-electron chi connectivity index (χ0n) is 10.9. The summed E-state index contributed by atoms with van der Waals surface area (Å²) >= 11 is 0.0476. The lowest BCUT2D eigenvalue weighted by atomic mass is 9.88. The first-order valence-electron chi connectivity index (χ1n) is 6.85. The largest absolute Gasteiger partial charge is 0.352 e. The maximum atomic E-state index is 2.50. The molecule has 0 spiro atoms. The topological polar surface area (TPSA) is 0 Å². The number of allylic oxidation sites excluding steroid dienone is 2. The minimum atomic E-state index is 0.0476. The minimum absolute atomic E-state index is 0.0476. The van der Waals surface area contributed by atoms with Crippen LogP contribution in [0.3, 0.4) is 0 Å². The van der Waals surface area contributed by atoms with Gasteiger partial charge in [0.25, 0.3) is 0 Å². The van der Waals surface area contributed by atoms with Gasteiger partial charge >= 0.3 is 21.2 Å². The van der Waals surface area contributed by atoms with Gasteiger partial charge in [-0.2, -0.15) is 0 Å². The van der Waals surface area contributed by atoms with Crippen LogP contribution in [0.5, 0.6) is 0 Å². The Hall–Kier alpha value is -1.09. The van der Waals surface area contributed by atoms with E-state index in [1.807, 2.05) is 0 Å². The Morgan fingerprint density at radius 1 is 0.842 bits per heavy atom. The normalized spacial score (nSPS) is 18.9. The monoisotopic (exact) mass is 361 g/mol. The van der Waals surface area contributed by atoms with E-state index in [1.165, 1.54) is 24.8 Å². The Labute approximate surface area is 125 Å². The van der Waals surface area contributed by atoms with Gasteiger partial charge in [0.1, 0.15) is 0 Å². The Balaban J connectivity index is 1.70. The average molecular weight is 361 g/mol. The van der Waals surface area contributed by atoms with Crippen LogP contribution in [-0.4, -0.2) is 0 Å². The average Bonchev–Trinajstić information content (AvgIpc) is 2.49. The molecule has 2 aromatic carbocycles. The highest BCUT2D eigenvalue weighted by atomic mass is 127. The maximum absolute atomic E-state index is 2.50. The molecule has 2 aromatic rings. The first-order chi connectivity index (χ1) is 9.42. The second-order valence-corrected chi connectivity index (χ2v) is 8.10. The van der Waals surface area contributed by atoms with Crippen molar-refractivity contribution in [1.29, 1.82) is 0 Å². The first kappa shape index (κ1) is 12.9. The second kappa shape index (κ2) is 6.38. The molecule has 0 heterocycles. The third-order valence-electron chi connectivity index (χ3n) is 3.56. The maximum Gasteiger partial charge on any atom is 0.352 e. The molecule has 0 N–H and O–H groups in total. The zero-order chi connectivity index (χ0) is 12.9. The van der Waals surface area contributed by atoms with E-state index in [-0.39, 0.29) is 21.2 Å². The molecule has 96 valence electrons. The van der Waals surface area contributed by atoms with E-state index in [0.29, 0.717) is 0 Å². The Bertz CT molecular complexity index is 542. The number of benzene rings is 2. The molecule has 1 unspecified atom stereocenters. The van der Waals surface area contributed by atoms with Gasteiger partial charge in [0.2, 0.25) is 0 Å². The Morgan fingerprint density at radius 3 is 2.26 bits per heavy atom. The molecule has 0 aliphatic heterocycles. The van der Waals surface area contributed by atoms with Crippen LogP contribution in [0.1, 0.15) is 30.7 Å². The van der Waals surface area contributed by atoms with Gasteiger partial charge in [-0.1, -0.05) is 48.5 Å². The fourth-order valence-electron chi connectivity index (χ4n) is 2.57. The molecule has 1 atom stereocenters. The highest BCUT2D eigenvalue weighted by molar-refractivity contribution is 5.22. The lowest BCUT2D eigenvalue weighted by Crippen LogP contribution is -3.61. The van der Waals surface area contributed by atoms with Crippen LogP contribution in [0.4, 0.5) is 0 Å². The summed E-state index contributed by atoms with van der Waals surface area (Å²) in [4.78, 5) is 0. The van der Waals surface area contributed by atoms with E-state index < -0.39 is 0 Å². The molecule has 0 radical (unpaired) electrons. The number of halogens is 1. The van der Waals surface area contributed by atoms with Gasteiger partial charge in [0.15, 0.2) is 7.15 Å². The molecule has 0 amide bonds. The van der Waals surface area contributed by atoms with Crippen molar-refractivity contribution in [3.63, 3.8) is 0 Å². The smallest absolute Gasteiger partial charge is 0.0622 e. The van der Waals surface area contributed by atoms with Crippen LogP contribution in [-0.2, 0) is 0 Å². The van der Waals surface area contributed by atoms with Crippen LogP contribution in [0.15, 0.2) is 70.3 Å². The fraction of sp³-hybridized carbons (Fsp3) is 0.222. The van der Waals surface area contributed by atoms with E-state index in [9.17, 15) is 0 Å². The molecule has 0 bridgehead atoms. The van der Waals surface area contributed by atoms with Crippen molar-refractivity contribution in [2.24, 2.45) is 0 Å². The molecule has 0 saturated carbocycles. The summed E-state index contributed by atoms with van der Waals surface area (Å²) in [6.45, 7) is 0. The lowest BCUT2D eigenvalue weighted by Gasteiger charge is -2.18. The van der Waals surface area contributed by atoms with Crippen molar-refractivity contribution in [3.05, 3.63) is 79.5 Å². The van der Waals surface area contributed by atoms with Gasteiger partial charge in [-0.15, -0.1) is 0 Å². The molecule has 1 heteroatoms. The molecule has 0 aromatic heterocycles. The van der Waals surface area contributed by atoms with E-state index >= 15 is 0 Å². The van der Waals surface area contributed by atoms with Crippen molar-refractivity contribution in [1.82, 2.24) is 0 Å². The summed E-state index contributed by atoms with van der Waals surface area (Å²) in [7, 11) is 0. The van der Waals surface area contributed by atoms with Crippen LogP contribution in [0.25, 0.3) is 0 Å². The van der Waals surface area contributed by atoms with E-state index in [2.05, 4.69) is 66.7 Å². The third kappa shape index (κ3) is 3.47. The minimum Gasteiger partial charge on any atom is -0.0622 e. The molecule has 0 saturated heterocycles. The van der Waals surface area contributed by atoms with Gasteiger partial charge in [-0.25, -0.2) is 0 Å². The zero-order valence-corrected chi connectivity index (χ0v) is 13.1. The SMILES string of the molecule is C1=C([I+]c2ccccc2)CC(c2ccccc2)CC1. The van der Waals surface area contributed by atoms with Gasteiger partial charge < -0.3 is 0 Å².